The Morgan fingerprint density at radius 1 is 1.26 bits per heavy atom. The van der Waals surface area contributed by atoms with E-state index in [4.69, 9.17) is 5.73 Å². The predicted molar refractivity (Wildman–Crippen MR) is 69.5 cm³/mol. The van der Waals surface area contributed by atoms with Crippen LogP contribution < -0.4 is 11.1 Å². The minimum atomic E-state index is -0.620. The molecule has 2 rings (SSSR count). The topological polar surface area (TPSA) is 55.1 Å². The molecule has 0 heterocycles. The highest BCUT2D eigenvalue weighted by atomic mass is 19.1. The molecule has 0 unspecified atom stereocenters. The van der Waals surface area contributed by atoms with Crippen molar-refractivity contribution in [1.82, 2.24) is 0 Å². The molecule has 0 radical (unpaired) electrons. The molecule has 0 atom stereocenters. The summed E-state index contributed by atoms with van der Waals surface area (Å²) in [6.45, 7) is 0.646. The summed E-state index contributed by atoms with van der Waals surface area (Å²) in [6.07, 6.45) is 3.34. The summed E-state index contributed by atoms with van der Waals surface area (Å²) in [6, 6.07) is 3.03. The molecule has 5 heteroatoms. The van der Waals surface area contributed by atoms with Gasteiger partial charge in [-0.15, -0.1) is 0 Å². The Balaban J connectivity index is 1.96. The SMILES string of the molecule is NCC1CCC(C(=O)Nc2cc(F)ccc2F)CC1. The summed E-state index contributed by atoms with van der Waals surface area (Å²) >= 11 is 0. The Bertz CT molecular complexity index is 457. The van der Waals surface area contributed by atoms with Crippen LogP contribution in [0.3, 0.4) is 0 Å². The van der Waals surface area contributed by atoms with Crippen molar-refractivity contribution in [3.05, 3.63) is 29.8 Å². The van der Waals surface area contributed by atoms with E-state index in [0.29, 0.717) is 12.5 Å². The van der Waals surface area contributed by atoms with E-state index < -0.39 is 11.6 Å². The van der Waals surface area contributed by atoms with Crippen LogP contribution in [0.25, 0.3) is 0 Å². The van der Waals surface area contributed by atoms with Crippen molar-refractivity contribution in [2.45, 2.75) is 25.7 Å². The minimum absolute atomic E-state index is 0.0917. The van der Waals surface area contributed by atoms with Gasteiger partial charge in [-0.2, -0.15) is 0 Å². The van der Waals surface area contributed by atoms with Gasteiger partial charge in [0, 0.05) is 12.0 Å². The van der Waals surface area contributed by atoms with Crippen LogP contribution in [0.2, 0.25) is 0 Å². The van der Waals surface area contributed by atoms with Crippen LogP contribution in [-0.4, -0.2) is 12.5 Å². The van der Waals surface area contributed by atoms with Gasteiger partial charge in [0.05, 0.1) is 5.69 Å². The number of hydrogen-bond donors (Lipinski definition) is 2. The molecule has 1 aliphatic carbocycles. The molecule has 3 N–H and O–H groups in total. The van der Waals surface area contributed by atoms with Gasteiger partial charge in [-0.1, -0.05) is 0 Å². The van der Waals surface area contributed by atoms with E-state index in [1.807, 2.05) is 0 Å². The first kappa shape index (κ1) is 13.9. The quantitative estimate of drug-likeness (QED) is 0.885. The first-order valence-electron chi connectivity index (χ1n) is 6.56. The number of hydrogen-bond acceptors (Lipinski definition) is 2. The third-order valence-electron chi connectivity index (χ3n) is 3.74. The van der Waals surface area contributed by atoms with Crippen LogP contribution in [0.15, 0.2) is 18.2 Å². The smallest absolute Gasteiger partial charge is 0.227 e. The van der Waals surface area contributed by atoms with Gasteiger partial charge in [-0.05, 0) is 50.3 Å². The molecule has 0 aromatic heterocycles. The lowest BCUT2D eigenvalue weighted by Gasteiger charge is -2.26. The van der Waals surface area contributed by atoms with E-state index in [1.165, 1.54) is 0 Å². The van der Waals surface area contributed by atoms with Crippen LogP contribution in [0, 0.1) is 23.5 Å². The first-order valence-corrected chi connectivity index (χ1v) is 6.56. The van der Waals surface area contributed by atoms with Crippen LogP contribution >= 0.6 is 0 Å². The number of halogens is 2. The molecule has 0 saturated heterocycles. The van der Waals surface area contributed by atoms with Crippen molar-refractivity contribution in [3.8, 4) is 0 Å². The van der Waals surface area contributed by atoms with Gasteiger partial charge in [0.15, 0.2) is 0 Å². The van der Waals surface area contributed by atoms with E-state index in [1.54, 1.807) is 0 Å². The standard InChI is InChI=1S/C14H18F2N2O/c15-11-5-6-12(16)13(7-11)18-14(19)10-3-1-9(8-17)2-4-10/h5-7,9-10H,1-4,8,17H2,(H,18,19). The van der Waals surface area contributed by atoms with Gasteiger partial charge in [-0.3, -0.25) is 4.79 Å². The van der Waals surface area contributed by atoms with E-state index in [0.717, 1.165) is 43.9 Å². The molecule has 104 valence electrons. The lowest BCUT2D eigenvalue weighted by atomic mass is 9.81. The van der Waals surface area contributed by atoms with Gasteiger partial charge >= 0.3 is 0 Å². The summed E-state index contributed by atoms with van der Waals surface area (Å²) in [4.78, 5) is 12.0. The Morgan fingerprint density at radius 3 is 2.58 bits per heavy atom. The van der Waals surface area contributed by atoms with Gasteiger partial charge in [0.25, 0.3) is 0 Å². The van der Waals surface area contributed by atoms with E-state index in [-0.39, 0.29) is 17.5 Å². The van der Waals surface area contributed by atoms with Gasteiger partial charge in [0.2, 0.25) is 5.91 Å². The number of nitrogens with two attached hydrogens (primary N) is 1. The molecular weight excluding hydrogens is 250 g/mol. The second kappa shape index (κ2) is 6.10. The highest BCUT2D eigenvalue weighted by molar-refractivity contribution is 5.92. The summed E-state index contributed by atoms with van der Waals surface area (Å²) in [5, 5.41) is 2.47. The summed E-state index contributed by atoms with van der Waals surface area (Å²) in [5.41, 5.74) is 5.50. The van der Waals surface area contributed by atoms with Crippen LogP contribution in [0.5, 0.6) is 0 Å². The molecule has 1 aromatic carbocycles. The van der Waals surface area contributed by atoms with Crippen molar-refractivity contribution in [1.29, 1.82) is 0 Å². The second-order valence-electron chi connectivity index (χ2n) is 5.07. The van der Waals surface area contributed by atoms with Gasteiger partial charge in [-0.25, -0.2) is 8.78 Å². The molecule has 1 saturated carbocycles. The molecule has 0 spiro atoms. The van der Waals surface area contributed by atoms with E-state index in [9.17, 15) is 13.6 Å². The van der Waals surface area contributed by atoms with Crippen LogP contribution in [0.1, 0.15) is 25.7 Å². The zero-order chi connectivity index (χ0) is 13.8. The Morgan fingerprint density at radius 2 is 1.95 bits per heavy atom. The zero-order valence-electron chi connectivity index (χ0n) is 10.7. The Kier molecular flexibility index (Phi) is 4.47. The van der Waals surface area contributed by atoms with Gasteiger partial charge < -0.3 is 11.1 Å². The van der Waals surface area contributed by atoms with Crippen LogP contribution in [-0.2, 0) is 4.79 Å². The maximum Gasteiger partial charge on any atom is 0.227 e. The lowest BCUT2D eigenvalue weighted by molar-refractivity contribution is -0.121. The third kappa shape index (κ3) is 3.50. The maximum absolute atomic E-state index is 13.4. The number of carbonyl (C=O) groups is 1. The second-order valence-corrected chi connectivity index (χ2v) is 5.07. The lowest BCUT2D eigenvalue weighted by Crippen LogP contribution is -2.29. The Hall–Kier alpha value is -1.49. The molecule has 0 bridgehead atoms. The monoisotopic (exact) mass is 268 g/mol. The van der Waals surface area contributed by atoms with Crippen molar-refractivity contribution >= 4 is 11.6 Å². The molecule has 0 aliphatic heterocycles. The Labute approximate surface area is 111 Å². The number of anilines is 1. The first-order chi connectivity index (χ1) is 9.10. The van der Waals surface area contributed by atoms with Crippen molar-refractivity contribution < 1.29 is 13.6 Å². The number of nitrogens with one attached hydrogen (secondary N) is 1. The number of amides is 1. The molecular formula is C14H18F2N2O. The molecule has 1 aromatic rings. The normalized spacial score (nSPS) is 23.1. The van der Waals surface area contributed by atoms with Crippen molar-refractivity contribution in [2.75, 3.05) is 11.9 Å². The summed E-state index contributed by atoms with van der Waals surface area (Å²) < 4.78 is 26.4. The summed E-state index contributed by atoms with van der Waals surface area (Å²) in [7, 11) is 0. The van der Waals surface area contributed by atoms with Crippen molar-refractivity contribution in [2.24, 2.45) is 17.6 Å². The highest BCUT2D eigenvalue weighted by Gasteiger charge is 2.26. The fourth-order valence-corrected chi connectivity index (χ4v) is 2.49. The highest BCUT2D eigenvalue weighted by Crippen LogP contribution is 2.29. The molecule has 3 nitrogen and oxygen atoms in total. The number of carbonyl (C=O) groups excluding carboxylic acids is 1. The summed E-state index contributed by atoms with van der Waals surface area (Å²) in [5.74, 6) is -1.07. The third-order valence-corrected chi connectivity index (χ3v) is 3.74. The van der Waals surface area contributed by atoms with E-state index >= 15 is 0 Å². The average molecular weight is 268 g/mol. The molecule has 19 heavy (non-hydrogen) atoms. The minimum Gasteiger partial charge on any atom is -0.330 e. The fraction of sp³-hybridized carbons (Fsp3) is 0.500. The van der Waals surface area contributed by atoms with Gasteiger partial charge in [0.1, 0.15) is 11.6 Å². The van der Waals surface area contributed by atoms with Crippen molar-refractivity contribution in [3.63, 3.8) is 0 Å². The molecule has 1 amide bonds. The van der Waals surface area contributed by atoms with E-state index in [2.05, 4.69) is 5.32 Å². The fourth-order valence-electron chi connectivity index (χ4n) is 2.49. The zero-order valence-corrected chi connectivity index (χ0v) is 10.7. The maximum atomic E-state index is 13.4. The number of benzene rings is 1. The largest absolute Gasteiger partial charge is 0.330 e. The van der Waals surface area contributed by atoms with Crippen LogP contribution in [0.4, 0.5) is 14.5 Å². The predicted octanol–water partition coefficient (Wildman–Crippen LogP) is 2.67. The molecule has 1 aliphatic rings. The number of rotatable bonds is 3. The molecule has 1 fully saturated rings. The average Bonchev–Trinajstić information content (AvgIpc) is 2.43.